The van der Waals surface area contributed by atoms with Crippen molar-refractivity contribution in [2.24, 2.45) is 11.7 Å². The van der Waals surface area contributed by atoms with Gasteiger partial charge in [0.2, 0.25) is 5.91 Å². The molecule has 4 heteroatoms. The van der Waals surface area contributed by atoms with E-state index in [0.717, 1.165) is 24.6 Å². The van der Waals surface area contributed by atoms with Crippen LogP contribution in [0.5, 0.6) is 0 Å². The first-order valence-electron chi connectivity index (χ1n) is 7.46. The van der Waals surface area contributed by atoms with Crippen LogP contribution in [-0.4, -0.2) is 12.5 Å². The predicted molar refractivity (Wildman–Crippen MR) is 82.9 cm³/mol. The molecule has 110 valence electrons. The molecule has 1 aliphatic rings. The molecule has 0 bridgehead atoms. The number of benzene rings is 1. The average Bonchev–Trinajstić information content (AvgIpc) is 2.93. The number of carbonyl (C=O) groups is 1. The number of carbonyl (C=O) groups excluding carboxylic acids is 1. The molecule has 0 heterocycles. The van der Waals surface area contributed by atoms with E-state index in [2.05, 4.69) is 5.32 Å². The highest BCUT2D eigenvalue weighted by Crippen LogP contribution is 2.28. The second-order valence-corrected chi connectivity index (χ2v) is 6.05. The molecule has 0 radical (unpaired) electrons. The Bertz CT molecular complexity index is 456. The molecular weight excluding hydrogens is 272 g/mol. The van der Waals surface area contributed by atoms with E-state index in [4.69, 9.17) is 17.3 Å². The summed E-state index contributed by atoms with van der Waals surface area (Å²) < 4.78 is 0. The molecule has 1 amide bonds. The van der Waals surface area contributed by atoms with Crippen LogP contribution < -0.4 is 11.1 Å². The van der Waals surface area contributed by atoms with Gasteiger partial charge in [-0.3, -0.25) is 4.79 Å². The van der Waals surface area contributed by atoms with Crippen molar-refractivity contribution in [1.29, 1.82) is 0 Å². The summed E-state index contributed by atoms with van der Waals surface area (Å²) in [5, 5.41) is 4.02. The van der Waals surface area contributed by atoms with Crippen LogP contribution in [0.4, 0.5) is 0 Å². The van der Waals surface area contributed by atoms with Gasteiger partial charge in [-0.1, -0.05) is 43.4 Å². The number of hydrogen-bond donors (Lipinski definition) is 2. The minimum Gasteiger partial charge on any atom is -0.366 e. The van der Waals surface area contributed by atoms with Crippen LogP contribution in [0.1, 0.15) is 54.4 Å². The first-order valence-corrected chi connectivity index (χ1v) is 7.83. The summed E-state index contributed by atoms with van der Waals surface area (Å²) in [5.74, 6) is 0.512. The van der Waals surface area contributed by atoms with Crippen LogP contribution in [0.3, 0.4) is 0 Å². The predicted octanol–water partition coefficient (Wildman–Crippen LogP) is 3.50. The second-order valence-electron chi connectivity index (χ2n) is 5.64. The zero-order chi connectivity index (χ0) is 14.4. The van der Waals surface area contributed by atoms with E-state index in [1.54, 1.807) is 12.1 Å². The third kappa shape index (κ3) is 4.50. The third-order valence-electron chi connectivity index (χ3n) is 4.09. The molecule has 1 fully saturated rings. The van der Waals surface area contributed by atoms with Gasteiger partial charge in [0.25, 0.3) is 0 Å². The molecule has 1 aromatic carbocycles. The average molecular weight is 295 g/mol. The summed E-state index contributed by atoms with van der Waals surface area (Å²) in [4.78, 5) is 11.0. The van der Waals surface area contributed by atoms with Gasteiger partial charge in [-0.05, 0) is 43.0 Å². The number of nitrogens with one attached hydrogen (secondary N) is 1. The Morgan fingerprint density at radius 1 is 1.35 bits per heavy atom. The number of amides is 1. The lowest BCUT2D eigenvalue weighted by molar-refractivity contribution is 0.100. The Kier molecular flexibility index (Phi) is 5.86. The topological polar surface area (TPSA) is 55.1 Å². The van der Waals surface area contributed by atoms with Crippen molar-refractivity contribution in [3.8, 4) is 0 Å². The molecule has 0 saturated heterocycles. The minimum atomic E-state index is -0.442. The van der Waals surface area contributed by atoms with E-state index >= 15 is 0 Å². The van der Waals surface area contributed by atoms with Crippen molar-refractivity contribution in [2.75, 3.05) is 6.54 Å². The Morgan fingerprint density at radius 3 is 2.75 bits per heavy atom. The van der Waals surface area contributed by atoms with Gasteiger partial charge in [0.1, 0.15) is 0 Å². The quantitative estimate of drug-likeness (QED) is 0.756. The largest absolute Gasteiger partial charge is 0.366 e. The van der Waals surface area contributed by atoms with Gasteiger partial charge in [-0.15, -0.1) is 0 Å². The molecule has 1 aromatic rings. The molecule has 0 unspecified atom stereocenters. The molecule has 0 aliphatic heterocycles. The molecule has 0 atom stereocenters. The fourth-order valence-corrected chi connectivity index (χ4v) is 3.13. The summed E-state index contributed by atoms with van der Waals surface area (Å²) in [6.07, 6.45) is 8.23. The van der Waals surface area contributed by atoms with Crippen molar-refractivity contribution in [3.05, 3.63) is 34.3 Å². The maximum Gasteiger partial charge on any atom is 0.248 e. The Morgan fingerprint density at radius 2 is 2.10 bits per heavy atom. The molecule has 20 heavy (non-hydrogen) atoms. The van der Waals surface area contributed by atoms with E-state index < -0.39 is 5.91 Å². The van der Waals surface area contributed by atoms with Crippen LogP contribution >= 0.6 is 11.6 Å². The number of primary amides is 1. The van der Waals surface area contributed by atoms with Crippen molar-refractivity contribution in [3.63, 3.8) is 0 Å². The number of rotatable bonds is 7. The lowest BCUT2D eigenvalue weighted by Gasteiger charge is -2.10. The van der Waals surface area contributed by atoms with Gasteiger partial charge in [-0.25, -0.2) is 0 Å². The first-order chi connectivity index (χ1) is 9.66. The van der Waals surface area contributed by atoms with Gasteiger partial charge < -0.3 is 11.1 Å². The molecular formula is C16H23ClN2O. The van der Waals surface area contributed by atoms with Crippen LogP contribution in [0, 0.1) is 5.92 Å². The van der Waals surface area contributed by atoms with Gasteiger partial charge in [0, 0.05) is 17.1 Å². The van der Waals surface area contributed by atoms with Crippen molar-refractivity contribution < 1.29 is 4.79 Å². The Balaban J connectivity index is 1.69. The maximum absolute atomic E-state index is 11.0. The van der Waals surface area contributed by atoms with E-state index in [1.807, 2.05) is 6.07 Å². The maximum atomic E-state index is 11.0. The molecule has 3 N–H and O–H groups in total. The lowest BCUT2D eigenvalue weighted by Crippen LogP contribution is -2.16. The highest BCUT2D eigenvalue weighted by atomic mass is 35.5. The third-order valence-corrected chi connectivity index (χ3v) is 4.45. The normalized spacial score (nSPS) is 15.7. The summed E-state index contributed by atoms with van der Waals surface area (Å²) in [6.45, 7) is 1.76. The fraction of sp³-hybridized carbons (Fsp3) is 0.562. The fourth-order valence-electron chi connectivity index (χ4n) is 2.88. The van der Waals surface area contributed by atoms with Gasteiger partial charge in [-0.2, -0.15) is 0 Å². The van der Waals surface area contributed by atoms with E-state index in [9.17, 15) is 4.79 Å². The van der Waals surface area contributed by atoms with Gasteiger partial charge in [0.05, 0.1) is 0 Å². The molecule has 0 aromatic heterocycles. The van der Waals surface area contributed by atoms with Crippen LogP contribution in [0.25, 0.3) is 0 Å². The minimum absolute atomic E-state index is 0.442. The van der Waals surface area contributed by atoms with E-state index in [-0.39, 0.29) is 0 Å². The Hall–Kier alpha value is -1.06. The van der Waals surface area contributed by atoms with Gasteiger partial charge >= 0.3 is 0 Å². The van der Waals surface area contributed by atoms with E-state index in [0.29, 0.717) is 10.6 Å². The van der Waals surface area contributed by atoms with Crippen molar-refractivity contribution in [1.82, 2.24) is 5.32 Å². The van der Waals surface area contributed by atoms with Crippen LogP contribution in [-0.2, 0) is 6.54 Å². The highest BCUT2D eigenvalue weighted by Gasteiger charge is 2.13. The van der Waals surface area contributed by atoms with Crippen LogP contribution in [0.15, 0.2) is 18.2 Å². The summed E-state index contributed by atoms with van der Waals surface area (Å²) >= 11 is 6.14. The van der Waals surface area contributed by atoms with Crippen molar-refractivity contribution >= 4 is 17.5 Å². The zero-order valence-electron chi connectivity index (χ0n) is 11.8. The second kappa shape index (κ2) is 7.65. The molecule has 1 saturated carbocycles. The molecule has 3 nitrogen and oxygen atoms in total. The molecule has 2 rings (SSSR count). The van der Waals surface area contributed by atoms with E-state index in [1.165, 1.54) is 38.5 Å². The monoisotopic (exact) mass is 294 g/mol. The SMILES string of the molecule is NC(=O)c1ccc(CNCCCC2CCCC2)c(Cl)c1. The molecule has 0 spiro atoms. The number of nitrogens with two attached hydrogens (primary N) is 1. The number of hydrogen-bond acceptors (Lipinski definition) is 2. The zero-order valence-corrected chi connectivity index (χ0v) is 12.6. The molecule has 1 aliphatic carbocycles. The standard InChI is InChI=1S/C16H23ClN2O/c17-15-10-13(16(18)20)7-8-14(15)11-19-9-3-6-12-4-1-2-5-12/h7-8,10,12,19H,1-6,9,11H2,(H2,18,20). The first kappa shape index (κ1) is 15.3. The van der Waals surface area contributed by atoms with Crippen molar-refractivity contribution in [2.45, 2.75) is 45.1 Å². The summed E-state index contributed by atoms with van der Waals surface area (Å²) in [7, 11) is 0. The number of halogens is 1. The summed E-state index contributed by atoms with van der Waals surface area (Å²) in [6, 6.07) is 5.23. The lowest BCUT2D eigenvalue weighted by atomic mass is 10.0. The Labute approximate surface area is 125 Å². The highest BCUT2D eigenvalue weighted by molar-refractivity contribution is 6.31. The van der Waals surface area contributed by atoms with Gasteiger partial charge in [0.15, 0.2) is 0 Å². The smallest absolute Gasteiger partial charge is 0.248 e. The van der Waals surface area contributed by atoms with Crippen LogP contribution in [0.2, 0.25) is 5.02 Å². The summed E-state index contributed by atoms with van der Waals surface area (Å²) in [5.41, 5.74) is 6.69.